The highest BCUT2D eigenvalue weighted by molar-refractivity contribution is 6.05. The largest absolute Gasteiger partial charge is 0.416 e. The number of nitrogens with one attached hydrogen (secondary N) is 2. The molecule has 2 N–H and O–H groups in total. The maximum atomic E-state index is 14.4. The molecule has 0 saturated carbocycles. The van der Waals surface area contributed by atoms with Crippen molar-refractivity contribution >= 4 is 23.5 Å². The molecule has 0 aliphatic carbocycles. The van der Waals surface area contributed by atoms with Crippen molar-refractivity contribution in [2.45, 2.75) is 31.6 Å². The Hall–Kier alpha value is -5.34. The monoisotopic (exact) mass is 718 g/mol. The van der Waals surface area contributed by atoms with Crippen LogP contribution < -0.4 is 15.5 Å². The van der Waals surface area contributed by atoms with Gasteiger partial charge < -0.3 is 20.3 Å². The minimum absolute atomic E-state index is 0.0993. The van der Waals surface area contributed by atoms with E-state index in [4.69, 9.17) is 9.84 Å². The molecule has 2 aliphatic rings. The SMILES string of the molecule is C=C(CN(C)CC1COC1)C(=O)NCc1nn(-c2ccccc2)c2c1[C@H](c1ccc(F)cc1)[C@H](NC(=O)c1cccc(C(F)(F)F)c1)C(=O)N2CC. The Labute approximate surface area is 298 Å². The molecule has 1 saturated heterocycles. The van der Waals surface area contributed by atoms with Crippen LogP contribution in [0, 0.1) is 11.7 Å². The number of halogens is 4. The summed E-state index contributed by atoms with van der Waals surface area (Å²) in [6, 6.07) is 17.0. The molecule has 2 atom stereocenters. The molecule has 0 spiro atoms. The average Bonchev–Trinajstić information content (AvgIpc) is 3.48. The minimum Gasteiger partial charge on any atom is -0.381 e. The number of likely N-dealkylation sites (N-methyl/N-ethyl adjacent to an activating group) is 2. The first-order valence-electron chi connectivity index (χ1n) is 16.8. The Balaban J connectivity index is 1.41. The molecule has 0 bridgehead atoms. The van der Waals surface area contributed by atoms with E-state index in [0.717, 1.165) is 24.7 Å². The number of rotatable bonds is 12. The predicted molar refractivity (Wildman–Crippen MR) is 185 cm³/mol. The van der Waals surface area contributed by atoms with Crippen molar-refractivity contribution in [1.29, 1.82) is 0 Å². The number of hydrogen-bond acceptors (Lipinski definition) is 6. The predicted octanol–water partition coefficient (Wildman–Crippen LogP) is 5.08. The van der Waals surface area contributed by atoms with Crippen LogP contribution in [0.3, 0.4) is 0 Å². The van der Waals surface area contributed by atoms with Crippen LogP contribution in [0.15, 0.2) is 91.0 Å². The van der Waals surface area contributed by atoms with Gasteiger partial charge in [0.05, 0.1) is 36.7 Å². The molecular weight excluding hydrogens is 680 g/mol. The van der Waals surface area contributed by atoms with Gasteiger partial charge in [0.2, 0.25) is 5.91 Å². The van der Waals surface area contributed by atoms with Crippen molar-refractivity contribution in [3.63, 3.8) is 0 Å². The highest BCUT2D eigenvalue weighted by Gasteiger charge is 2.46. The number of hydrogen-bond donors (Lipinski definition) is 2. The molecule has 0 radical (unpaired) electrons. The topological polar surface area (TPSA) is 109 Å². The van der Waals surface area contributed by atoms with Gasteiger partial charge in [-0.3, -0.25) is 19.3 Å². The summed E-state index contributed by atoms with van der Waals surface area (Å²) in [5.74, 6) is -2.62. The second-order valence-corrected chi connectivity index (χ2v) is 13.0. The average molecular weight is 719 g/mol. The number of nitrogens with zero attached hydrogens (tertiary/aromatic N) is 4. The van der Waals surface area contributed by atoms with Crippen molar-refractivity contribution in [3.05, 3.63) is 125 Å². The zero-order chi connectivity index (χ0) is 37.2. The lowest BCUT2D eigenvalue weighted by atomic mass is 9.80. The van der Waals surface area contributed by atoms with Gasteiger partial charge in [-0.2, -0.15) is 18.3 Å². The number of carbonyl (C=O) groups is 3. The van der Waals surface area contributed by atoms with Crippen LogP contribution in [0.5, 0.6) is 0 Å². The number of aromatic nitrogens is 2. The highest BCUT2D eigenvalue weighted by atomic mass is 19.4. The fraction of sp³-hybridized carbons (Fsp3) is 0.316. The summed E-state index contributed by atoms with van der Waals surface area (Å²) in [6.07, 6.45) is -4.70. The smallest absolute Gasteiger partial charge is 0.381 e. The number of carbonyl (C=O) groups excluding carboxylic acids is 3. The summed E-state index contributed by atoms with van der Waals surface area (Å²) in [5.41, 5.74) is 0.888. The Morgan fingerprint density at radius 1 is 1.04 bits per heavy atom. The second kappa shape index (κ2) is 15.1. The first-order chi connectivity index (χ1) is 24.8. The lowest BCUT2D eigenvalue weighted by Crippen LogP contribution is -2.55. The third-order valence-electron chi connectivity index (χ3n) is 9.17. The number of para-hydroxylation sites is 1. The molecule has 272 valence electrons. The molecule has 10 nitrogen and oxygen atoms in total. The van der Waals surface area contributed by atoms with E-state index in [1.54, 1.807) is 35.9 Å². The van der Waals surface area contributed by atoms with Crippen molar-refractivity contribution in [3.8, 4) is 5.69 Å². The fourth-order valence-corrected chi connectivity index (χ4v) is 6.63. The fourth-order valence-electron chi connectivity index (χ4n) is 6.63. The van der Waals surface area contributed by atoms with Crippen molar-refractivity contribution in [2.75, 3.05) is 44.8 Å². The molecule has 2 aliphatic heterocycles. The Bertz CT molecular complexity index is 1960. The van der Waals surface area contributed by atoms with Crippen LogP contribution in [0.4, 0.5) is 23.4 Å². The van der Waals surface area contributed by atoms with Gasteiger partial charge in [0.1, 0.15) is 17.7 Å². The summed E-state index contributed by atoms with van der Waals surface area (Å²) in [4.78, 5) is 44.9. The van der Waals surface area contributed by atoms with Gasteiger partial charge in [0.15, 0.2) is 0 Å². The summed E-state index contributed by atoms with van der Waals surface area (Å²) < 4.78 is 61.7. The number of benzene rings is 3. The maximum absolute atomic E-state index is 14.4. The van der Waals surface area contributed by atoms with E-state index >= 15 is 0 Å². The molecule has 3 aromatic carbocycles. The van der Waals surface area contributed by atoms with Crippen LogP contribution >= 0.6 is 0 Å². The second-order valence-electron chi connectivity index (χ2n) is 13.0. The standard InChI is InChI=1S/C38H38F4N6O4/c1-4-47-36-32(30(45-48(36)29-11-6-5-7-12-29)18-43-34(49)23(2)19-46(3)20-24-21-52-22-24)31(25-13-15-28(39)16-14-25)33(37(47)51)44-35(50)26-9-8-10-27(17-26)38(40,41)42/h5-17,24,31,33H,2,4,18-22H2,1,3H3,(H,43,49)(H,44,50)/t31-,33-/m0/s1. The zero-order valence-corrected chi connectivity index (χ0v) is 28.6. The van der Waals surface area contributed by atoms with E-state index in [9.17, 15) is 31.9 Å². The molecule has 1 aromatic heterocycles. The first kappa shape index (κ1) is 36.5. The number of alkyl halides is 3. The Kier molecular flexibility index (Phi) is 10.6. The Morgan fingerprint density at radius 2 is 1.75 bits per heavy atom. The van der Waals surface area contributed by atoms with Crippen molar-refractivity contribution in [1.82, 2.24) is 25.3 Å². The van der Waals surface area contributed by atoms with E-state index in [2.05, 4.69) is 17.2 Å². The van der Waals surface area contributed by atoms with Crippen LogP contribution in [0.1, 0.15) is 45.6 Å². The third kappa shape index (κ3) is 7.63. The van der Waals surface area contributed by atoms with E-state index in [-0.39, 0.29) is 18.7 Å². The van der Waals surface area contributed by atoms with Gasteiger partial charge in [-0.1, -0.05) is 43.0 Å². The van der Waals surface area contributed by atoms with Gasteiger partial charge in [-0.25, -0.2) is 9.07 Å². The van der Waals surface area contributed by atoms with Crippen LogP contribution in [0.2, 0.25) is 0 Å². The van der Waals surface area contributed by atoms with Crippen LogP contribution in [-0.2, 0) is 27.0 Å². The molecule has 6 rings (SSSR count). The summed E-state index contributed by atoms with van der Waals surface area (Å²) in [6.45, 7) is 8.17. The quantitative estimate of drug-likeness (QED) is 0.156. The molecule has 0 unspecified atom stereocenters. The zero-order valence-electron chi connectivity index (χ0n) is 28.6. The lowest BCUT2D eigenvalue weighted by Gasteiger charge is -2.38. The van der Waals surface area contributed by atoms with E-state index in [1.807, 2.05) is 18.0 Å². The number of ether oxygens (including phenoxy) is 1. The van der Waals surface area contributed by atoms with E-state index in [0.29, 0.717) is 59.6 Å². The van der Waals surface area contributed by atoms with Gasteiger partial charge >= 0.3 is 6.18 Å². The molecule has 4 aromatic rings. The molecule has 52 heavy (non-hydrogen) atoms. The summed E-state index contributed by atoms with van der Waals surface area (Å²) in [7, 11) is 1.89. The maximum Gasteiger partial charge on any atom is 0.416 e. The normalized spacial score (nSPS) is 17.4. The van der Waals surface area contributed by atoms with Gasteiger partial charge in [-0.15, -0.1) is 0 Å². The van der Waals surface area contributed by atoms with Crippen molar-refractivity contribution in [2.24, 2.45) is 5.92 Å². The number of fused-ring (bicyclic) bond motifs is 1. The van der Waals surface area contributed by atoms with Gasteiger partial charge in [-0.05, 0) is 62.0 Å². The lowest BCUT2D eigenvalue weighted by molar-refractivity contribution is -0.137. The van der Waals surface area contributed by atoms with Gasteiger partial charge in [0, 0.05) is 48.2 Å². The van der Waals surface area contributed by atoms with E-state index < -0.39 is 47.2 Å². The molecule has 14 heteroatoms. The molecule has 1 fully saturated rings. The summed E-state index contributed by atoms with van der Waals surface area (Å²) in [5, 5.41) is 10.5. The van der Waals surface area contributed by atoms with Crippen molar-refractivity contribution < 1.29 is 36.7 Å². The summed E-state index contributed by atoms with van der Waals surface area (Å²) >= 11 is 0. The minimum atomic E-state index is -4.70. The molecule has 3 heterocycles. The van der Waals surface area contributed by atoms with Crippen LogP contribution in [0.25, 0.3) is 5.69 Å². The van der Waals surface area contributed by atoms with E-state index in [1.165, 1.54) is 35.2 Å². The van der Waals surface area contributed by atoms with Gasteiger partial charge in [0.25, 0.3) is 11.8 Å². The third-order valence-corrected chi connectivity index (χ3v) is 9.17. The highest BCUT2D eigenvalue weighted by Crippen LogP contribution is 2.44. The first-order valence-corrected chi connectivity index (χ1v) is 16.8. The number of anilines is 1. The number of amides is 3. The Morgan fingerprint density at radius 3 is 2.38 bits per heavy atom. The molecule has 3 amide bonds. The molecular formula is C38H38F4N6O4. The van der Waals surface area contributed by atoms with Crippen LogP contribution in [-0.4, -0.2) is 78.3 Å².